The van der Waals surface area contributed by atoms with Crippen LogP contribution in [0.5, 0.6) is 0 Å². The summed E-state index contributed by atoms with van der Waals surface area (Å²) in [5.41, 5.74) is 5.33. The second kappa shape index (κ2) is 6.31. The average molecular weight is 339 g/mol. The summed E-state index contributed by atoms with van der Waals surface area (Å²) in [6, 6.07) is 5.76. The van der Waals surface area contributed by atoms with E-state index in [1.807, 2.05) is 18.2 Å². The van der Waals surface area contributed by atoms with Crippen molar-refractivity contribution < 1.29 is 9.59 Å². The predicted molar refractivity (Wildman–Crippen MR) is 95.4 cm³/mol. The molecule has 2 aliphatic rings. The zero-order valence-corrected chi connectivity index (χ0v) is 14.2. The molecule has 2 heterocycles. The lowest BCUT2D eigenvalue weighted by atomic mass is 10.1. The third kappa shape index (κ3) is 3.01. The predicted octanol–water partition coefficient (Wildman–Crippen LogP) is 2.44. The Bertz CT molecular complexity index is 877. The molecule has 7 nitrogen and oxygen atoms in total. The molecular formula is C18H21N5O2. The molecule has 25 heavy (non-hydrogen) atoms. The molecule has 0 atom stereocenters. The number of aryl methyl sites for hydroxylation is 1. The van der Waals surface area contributed by atoms with Crippen LogP contribution in [-0.2, 0) is 16.6 Å². The van der Waals surface area contributed by atoms with Gasteiger partial charge in [-0.1, -0.05) is 12.8 Å². The number of aromatic nitrogens is 2. The number of hydrogen-bond donors (Lipinski definition) is 2. The van der Waals surface area contributed by atoms with E-state index in [4.69, 9.17) is 4.98 Å². The van der Waals surface area contributed by atoms with Gasteiger partial charge in [0.25, 0.3) is 5.91 Å². The van der Waals surface area contributed by atoms with Gasteiger partial charge in [0.05, 0.1) is 11.0 Å². The van der Waals surface area contributed by atoms with Crippen molar-refractivity contribution in [3.63, 3.8) is 0 Å². The highest BCUT2D eigenvalue weighted by atomic mass is 16.2. The lowest BCUT2D eigenvalue weighted by Crippen LogP contribution is -2.32. The number of carbonyl (C=O) groups is 2. The lowest BCUT2D eigenvalue weighted by molar-refractivity contribution is -0.121. The molecule has 0 unspecified atom stereocenters. The standard InChI is InChI=1S/C18H21N5O2/c1-23-15-8-6-12(19-18(25)13-7-9-16(24)22-21-13)10-14(15)20-17(23)11-4-2-3-5-11/h6,8,10-11H,2-5,7,9H2,1H3,(H,19,25)(H,22,24). The maximum Gasteiger partial charge on any atom is 0.271 e. The molecule has 1 aromatic heterocycles. The number of carbonyl (C=O) groups excluding carboxylic acids is 2. The summed E-state index contributed by atoms with van der Waals surface area (Å²) in [5, 5.41) is 6.67. The largest absolute Gasteiger partial charge is 0.331 e. The van der Waals surface area contributed by atoms with Crippen molar-refractivity contribution in [1.29, 1.82) is 0 Å². The first-order valence-corrected chi connectivity index (χ1v) is 8.75. The first-order valence-electron chi connectivity index (χ1n) is 8.75. The summed E-state index contributed by atoms with van der Waals surface area (Å²) in [5.74, 6) is 1.23. The first-order chi connectivity index (χ1) is 12.1. The minimum Gasteiger partial charge on any atom is -0.331 e. The fourth-order valence-corrected chi connectivity index (χ4v) is 3.69. The van der Waals surface area contributed by atoms with Gasteiger partial charge in [-0.25, -0.2) is 10.4 Å². The van der Waals surface area contributed by atoms with Gasteiger partial charge in [0.1, 0.15) is 11.5 Å². The molecule has 1 fully saturated rings. The van der Waals surface area contributed by atoms with Crippen LogP contribution in [0.25, 0.3) is 11.0 Å². The Hall–Kier alpha value is -2.70. The number of benzene rings is 1. The highest BCUT2D eigenvalue weighted by Gasteiger charge is 2.23. The van der Waals surface area contributed by atoms with Gasteiger partial charge < -0.3 is 9.88 Å². The maximum atomic E-state index is 12.3. The maximum absolute atomic E-state index is 12.3. The quantitative estimate of drug-likeness (QED) is 0.900. The van der Waals surface area contributed by atoms with Crippen molar-refractivity contribution >= 4 is 34.2 Å². The summed E-state index contributed by atoms with van der Waals surface area (Å²) in [6.07, 6.45) is 5.59. The van der Waals surface area contributed by atoms with E-state index in [-0.39, 0.29) is 18.2 Å². The molecule has 1 aromatic carbocycles. The molecule has 2 amide bonds. The summed E-state index contributed by atoms with van der Waals surface area (Å²) in [7, 11) is 2.06. The number of fused-ring (bicyclic) bond motifs is 1. The van der Waals surface area contributed by atoms with Crippen LogP contribution in [0.2, 0.25) is 0 Å². The van der Waals surface area contributed by atoms with Crippen molar-refractivity contribution in [2.75, 3.05) is 5.32 Å². The number of anilines is 1. The van der Waals surface area contributed by atoms with E-state index in [1.165, 1.54) is 25.7 Å². The van der Waals surface area contributed by atoms with Gasteiger partial charge in [-0.05, 0) is 31.0 Å². The van der Waals surface area contributed by atoms with Crippen molar-refractivity contribution in [1.82, 2.24) is 15.0 Å². The summed E-state index contributed by atoms with van der Waals surface area (Å²) < 4.78 is 2.16. The van der Waals surface area contributed by atoms with Crippen molar-refractivity contribution in [2.45, 2.75) is 44.4 Å². The Morgan fingerprint density at radius 2 is 2.08 bits per heavy atom. The Morgan fingerprint density at radius 1 is 1.28 bits per heavy atom. The molecule has 7 heteroatoms. The first kappa shape index (κ1) is 15.8. The van der Waals surface area contributed by atoms with Crippen molar-refractivity contribution in [2.24, 2.45) is 12.1 Å². The molecule has 0 radical (unpaired) electrons. The van der Waals surface area contributed by atoms with Crippen LogP contribution < -0.4 is 10.7 Å². The molecular weight excluding hydrogens is 318 g/mol. The van der Waals surface area contributed by atoms with Crippen molar-refractivity contribution in [3.05, 3.63) is 24.0 Å². The normalized spacial score (nSPS) is 18.3. The van der Waals surface area contributed by atoms with Crippen molar-refractivity contribution in [3.8, 4) is 0 Å². The highest BCUT2D eigenvalue weighted by molar-refractivity contribution is 6.43. The van der Waals surface area contributed by atoms with Crippen LogP contribution in [0.4, 0.5) is 5.69 Å². The molecule has 0 saturated heterocycles. The number of imidazole rings is 1. The molecule has 4 rings (SSSR count). The number of nitrogens with zero attached hydrogens (tertiary/aromatic N) is 3. The van der Waals surface area contributed by atoms with Gasteiger partial charge in [-0.2, -0.15) is 5.10 Å². The SMILES string of the molecule is Cn1c(C2CCCC2)nc2cc(NC(=O)C3=NNC(=O)CC3)ccc21. The van der Waals surface area contributed by atoms with Crippen LogP contribution in [0.1, 0.15) is 50.3 Å². The second-order valence-corrected chi connectivity index (χ2v) is 6.76. The Balaban J connectivity index is 1.56. The molecule has 1 aliphatic carbocycles. The van der Waals surface area contributed by atoms with Crippen LogP contribution >= 0.6 is 0 Å². The number of hydrazone groups is 1. The van der Waals surface area contributed by atoms with E-state index in [9.17, 15) is 9.59 Å². The van der Waals surface area contributed by atoms with Gasteiger partial charge in [0.15, 0.2) is 0 Å². The van der Waals surface area contributed by atoms with E-state index in [1.54, 1.807) is 0 Å². The molecule has 130 valence electrons. The number of hydrogen-bond acceptors (Lipinski definition) is 4. The second-order valence-electron chi connectivity index (χ2n) is 6.76. The molecule has 0 bridgehead atoms. The third-order valence-electron chi connectivity index (χ3n) is 5.06. The molecule has 2 aromatic rings. The van der Waals surface area contributed by atoms with Gasteiger partial charge >= 0.3 is 0 Å². The molecule has 1 aliphatic heterocycles. The van der Waals surface area contributed by atoms with Gasteiger partial charge in [0, 0.05) is 31.5 Å². The minimum absolute atomic E-state index is 0.161. The van der Waals surface area contributed by atoms with E-state index in [2.05, 4.69) is 27.5 Å². The van der Waals surface area contributed by atoms with E-state index < -0.39 is 0 Å². The zero-order chi connectivity index (χ0) is 17.4. The van der Waals surface area contributed by atoms with Crippen LogP contribution in [-0.4, -0.2) is 27.1 Å². The topological polar surface area (TPSA) is 88.4 Å². The summed E-state index contributed by atoms with van der Waals surface area (Å²) in [6.45, 7) is 0. The van der Waals surface area contributed by atoms with Crippen LogP contribution in [0.3, 0.4) is 0 Å². The summed E-state index contributed by atoms with van der Waals surface area (Å²) >= 11 is 0. The van der Waals surface area contributed by atoms with Crippen LogP contribution in [0.15, 0.2) is 23.3 Å². The average Bonchev–Trinajstić information content (AvgIpc) is 3.23. The Morgan fingerprint density at radius 3 is 2.80 bits per heavy atom. The van der Waals surface area contributed by atoms with Gasteiger partial charge in [0.2, 0.25) is 5.91 Å². The fraction of sp³-hybridized carbons (Fsp3) is 0.444. The minimum atomic E-state index is -0.286. The Kier molecular flexibility index (Phi) is 3.99. The molecule has 1 saturated carbocycles. The zero-order valence-electron chi connectivity index (χ0n) is 14.2. The van der Waals surface area contributed by atoms with E-state index >= 15 is 0 Å². The Labute approximate surface area is 145 Å². The van der Waals surface area contributed by atoms with Gasteiger partial charge in [-0.15, -0.1) is 0 Å². The number of rotatable bonds is 3. The van der Waals surface area contributed by atoms with Gasteiger partial charge in [-0.3, -0.25) is 9.59 Å². The number of amides is 2. The highest BCUT2D eigenvalue weighted by Crippen LogP contribution is 2.35. The van der Waals surface area contributed by atoms with E-state index in [0.29, 0.717) is 23.7 Å². The van der Waals surface area contributed by atoms with Crippen LogP contribution in [0, 0.1) is 0 Å². The lowest BCUT2D eigenvalue weighted by Gasteiger charge is -2.12. The van der Waals surface area contributed by atoms with E-state index in [0.717, 1.165) is 16.9 Å². The molecule has 0 spiro atoms. The smallest absolute Gasteiger partial charge is 0.271 e. The monoisotopic (exact) mass is 339 g/mol. The number of nitrogens with one attached hydrogen (secondary N) is 2. The summed E-state index contributed by atoms with van der Waals surface area (Å²) in [4.78, 5) is 28.2. The molecule has 2 N–H and O–H groups in total. The third-order valence-corrected chi connectivity index (χ3v) is 5.06. The fourth-order valence-electron chi connectivity index (χ4n) is 3.69.